The number of hydrogen-bond acceptors (Lipinski definition) is 3. The van der Waals surface area contributed by atoms with Gasteiger partial charge in [-0.1, -0.05) is 6.42 Å². The van der Waals surface area contributed by atoms with E-state index in [1.165, 1.54) is 0 Å². The Labute approximate surface area is 113 Å². The van der Waals surface area contributed by atoms with E-state index in [1.807, 2.05) is 11.0 Å². The summed E-state index contributed by atoms with van der Waals surface area (Å²) >= 11 is 0. The number of piperidine rings is 1. The number of aromatic nitrogens is 2. The Kier molecular flexibility index (Phi) is 3.55. The van der Waals surface area contributed by atoms with Crippen LogP contribution in [-0.2, 0) is 4.79 Å². The van der Waals surface area contributed by atoms with Crippen molar-refractivity contribution in [2.75, 3.05) is 13.1 Å². The number of aromatic amines is 1. The molecule has 5 nitrogen and oxygen atoms in total. The number of carbonyl (C=O) groups excluding carboxylic acids is 1. The molecule has 19 heavy (non-hydrogen) atoms. The van der Waals surface area contributed by atoms with Gasteiger partial charge >= 0.3 is 0 Å². The zero-order valence-electron chi connectivity index (χ0n) is 11.2. The average Bonchev–Trinajstić information content (AvgIpc) is 3.09. The Morgan fingerprint density at radius 2 is 2.26 bits per heavy atom. The molecule has 2 aliphatic rings. The quantitative estimate of drug-likeness (QED) is 0.842. The van der Waals surface area contributed by atoms with Crippen molar-refractivity contribution in [3.8, 4) is 0 Å². The van der Waals surface area contributed by atoms with Crippen molar-refractivity contribution in [3.63, 3.8) is 0 Å². The number of nitrogens with zero attached hydrogens (tertiary/aromatic N) is 2. The van der Waals surface area contributed by atoms with E-state index in [2.05, 4.69) is 10.2 Å². The Morgan fingerprint density at radius 1 is 1.37 bits per heavy atom. The highest BCUT2D eigenvalue weighted by Gasteiger charge is 2.35. The van der Waals surface area contributed by atoms with Gasteiger partial charge in [-0.05, 0) is 31.7 Å². The molecule has 1 aromatic rings. The third kappa shape index (κ3) is 2.52. The smallest absolute Gasteiger partial charge is 0.227 e. The van der Waals surface area contributed by atoms with Gasteiger partial charge in [0.25, 0.3) is 0 Å². The number of nitrogens with two attached hydrogens (primary N) is 1. The fraction of sp³-hybridized carbons (Fsp3) is 0.714. The van der Waals surface area contributed by atoms with Crippen molar-refractivity contribution in [1.29, 1.82) is 0 Å². The molecule has 0 aromatic carbocycles. The number of hydrogen-bond donors (Lipinski definition) is 2. The SMILES string of the molecule is N[C@@H]1CCC[C@@H]1C(=O)N1CCC[C@H](c2ccn[nH]2)C1. The summed E-state index contributed by atoms with van der Waals surface area (Å²) in [5.41, 5.74) is 7.20. The topological polar surface area (TPSA) is 75.0 Å². The molecule has 1 aliphatic heterocycles. The molecule has 0 bridgehead atoms. The number of rotatable bonds is 2. The van der Waals surface area contributed by atoms with Crippen molar-refractivity contribution >= 4 is 5.91 Å². The minimum Gasteiger partial charge on any atom is -0.342 e. The lowest BCUT2D eigenvalue weighted by atomic mass is 9.93. The van der Waals surface area contributed by atoms with Gasteiger partial charge in [0.2, 0.25) is 5.91 Å². The molecule has 3 N–H and O–H groups in total. The summed E-state index contributed by atoms with van der Waals surface area (Å²) in [5.74, 6) is 0.729. The van der Waals surface area contributed by atoms with Gasteiger partial charge in [0, 0.05) is 36.9 Å². The Hall–Kier alpha value is -1.36. The van der Waals surface area contributed by atoms with Crippen LogP contribution in [0.2, 0.25) is 0 Å². The molecule has 5 heteroatoms. The van der Waals surface area contributed by atoms with Gasteiger partial charge in [0.1, 0.15) is 0 Å². The highest BCUT2D eigenvalue weighted by atomic mass is 16.2. The normalized spacial score (nSPS) is 31.6. The van der Waals surface area contributed by atoms with Crippen LogP contribution in [0.5, 0.6) is 0 Å². The predicted molar refractivity (Wildman–Crippen MR) is 72.5 cm³/mol. The summed E-state index contributed by atoms with van der Waals surface area (Å²) in [6, 6.07) is 2.08. The molecule has 1 amide bonds. The lowest BCUT2D eigenvalue weighted by Gasteiger charge is -2.34. The first-order valence-corrected chi connectivity index (χ1v) is 7.29. The highest BCUT2D eigenvalue weighted by Crippen LogP contribution is 2.30. The van der Waals surface area contributed by atoms with Gasteiger partial charge in [0.15, 0.2) is 0 Å². The zero-order valence-corrected chi connectivity index (χ0v) is 11.2. The van der Waals surface area contributed by atoms with Gasteiger partial charge in [-0.15, -0.1) is 0 Å². The summed E-state index contributed by atoms with van der Waals surface area (Å²) < 4.78 is 0. The van der Waals surface area contributed by atoms with E-state index < -0.39 is 0 Å². The Balaban J connectivity index is 1.66. The maximum absolute atomic E-state index is 12.5. The average molecular weight is 262 g/mol. The first-order chi connectivity index (χ1) is 9.25. The standard InChI is InChI=1S/C14H22N4O/c15-12-5-1-4-11(12)14(19)18-8-2-3-10(9-18)13-6-7-16-17-13/h6-7,10-12H,1-5,8-9,15H2,(H,16,17)/t10-,11-,12+/m0/s1. The monoisotopic (exact) mass is 262 g/mol. The van der Waals surface area contributed by atoms with Gasteiger partial charge in [-0.3, -0.25) is 9.89 Å². The molecule has 0 radical (unpaired) electrons. The van der Waals surface area contributed by atoms with Crippen LogP contribution >= 0.6 is 0 Å². The molecule has 1 saturated heterocycles. The maximum atomic E-state index is 12.5. The minimum absolute atomic E-state index is 0.0560. The first-order valence-electron chi connectivity index (χ1n) is 7.29. The Bertz CT molecular complexity index is 431. The second-order valence-corrected chi connectivity index (χ2v) is 5.84. The number of nitrogens with one attached hydrogen (secondary N) is 1. The molecule has 2 heterocycles. The van der Waals surface area contributed by atoms with Crippen LogP contribution in [0.3, 0.4) is 0 Å². The van der Waals surface area contributed by atoms with Crippen LogP contribution in [-0.4, -0.2) is 40.1 Å². The molecule has 104 valence electrons. The number of amides is 1. The molecule has 0 spiro atoms. The molecular weight excluding hydrogens is 240 g/mol. The molecule has 3 rings (SSSR count). The van der Waals surface area contributed by atoms with Crippen LogP contribution in [0.4, 0.5) is 0 Å². The van der Waals surface area contributed by atoms with E-state index in [4.69, 9.17) is 5.73 Å². The van der Waals surface area contributed by atoms with Gasteiger partial charge < -0.3 is 10.6 Å². The van der Waals surface area contributed by atoms with Crippen LogP contribution < -0.4 is 5.73 Å². The minimum atomic E-state index is 0.0560. The van der Waals surface area contributed by atoms with E-state index >= 15 is 0 Å². The molecule has 1 saturated carbocycles. The van der Waals surface area contributed by atoms with Crippen LogP contribution in [0, 0.1) is 5.92 Å². The summed E-state index contributed by atoms with van der Waals surface area (Å²) in [5, 5.41) is 7.04. The lowest BCUT2D eigenvalue weighted by Crippen LogP contribution is -2.45. The summed E-state index contributed by atoms with van der Waals surface area (Å²) in [7, 11) is 0. The predicted octanol–water partition coefficient (Wildman–Crippen LogP) is 1.24. The van der Waals surface area contributed by atoms with E-state index in [0.717, 1.165) is 50.9 Å². The van der Waals surface area contributed by atoms with Crippen molar-refractivity contribution in [1.82, 2.24) is 15.1 Å². The van der Waals surface area contributed by atoms with E-state index in [0.29, 0.717) is 5.92 Å². The molecule has 1 aromatic heterocycles. The number of carbonyl (C=O) groups is 1. The molecule has 1 aliphatic carbocycles. The van der Waals surface area contributed by atoms with Gasteiger partial charge in [-0.25, -0.2) is 0 Å². The molecule has 0 unspecified atom stereocenters. The zero-order chi connectivity index (χ0) is 13.2. The van der Waals surface area contributed by atoms with Gasteiger partial charge in [0.05, 0.1) is 5.92 Å². The molecule has 2 fully saturated rings. The molecule has 3 atom stereocenters. The second kappa shape index (κ2) is 5.33. The third-order valence-electron chi connectivity index (χ3n) is 4.58. The van der Waals surface area contributed by atoms with Crippen molar-refractivity contribution in [2.45, 2.75) is 44.1 Å². The van der Waals surface area contributed by atoms with Crippen LogP contribution in [0.25, 0.3) is 0 Å². The Morgan fingerprint density at radius 3 is 2.95 bits per heavy atom. The van der Waals surface area contributed by atoms with Crippen molar-refractivity contribution in [3.05, 3.63) is 18.0 Å². The number of H-pyrrole nitrogens is 1. The third-order valence-corrected chi connectivity index (χ3v) is 4.58. The van der Waals surface area contributed by atoms with Crippen LogP contribution in [0.15, 0.2) is 12.3 Å². The van der Waals surface area contributed by atoms with E-state index in [1.54, 1.807) is 6.20 Å². The molecular formula is C14H22N4O. The second-order valence-electron chi connectivity index (χ2n) is 5.84. The van der Waals surface area contributed by atoms with E-state index in [-0.39, 0.29) is 17.9 Å². The first kappa shape index (κ1) is 12.7. The maximum Gasteiger partial charge on any atom is 0.227 e. The van der Waals surface area contributed by atoms with Crippen molar-refractivity contribution < 1.29 is 4.79 Å². The summed E-state index contributed by atoms with van der Waals surface area (Å²) in [6.45, 7) is 1.69. The van der Waals surface area contributed by atoms with Crippen LogP contribution in [0.1, 0.15) is 43.7 Å². The highest BCUT2D eigenvalue weighted by molar-refractivity contribution is 5.80. The summed E-state index contributed by atoms with van der Waals surface area (Å²) in [4.78, 5) is 14.6. The largest absolute Gasteiger partial charge is 0.342 e. The van der Waals surface area contributed by atoms with E-state index in [9.17, 15) is 4.79 Å². The van der Waals surface area contributed by atoms with Gasteiger partial charge in [-0.2, -0.15) is 5.10 Å². The van der Waals surface area contributed by atoms with Crippen molar-refractivity contribution in [2.24, 2.45) is 11.7 Å². The number of likely N-dealkylation sites (tertiary alicyclic amines) is 1. The summed E-state index contributed by atoms with van der Waals surface area (Å²) in [6.07, 6.45) is 7.03. The fourth-order valence-corrected chi connectivity index (χ4v) is 3.46. The lowest BCUT2D eigenvalue weighted by molar-refractivity contribution is -0.137. The fourth-order valence-electron chi connectivity index (χ4n) is 3.46.